The average molecular weight is 789 g/mol. The van der Waals surface area contributed by atoms with Gasteiger partial charge >= 0.3 is 0 Å². The summed E-state index contributed by atoms with van der Waals surface area (Å²) in [5.41, 5.74) is 15.1. The number of nitrogens with zero attached hydrogens (tertiary/aromatic N) is 2. The molecule has 0 atom stereocenters. The number of fused-ring (bicyclic) bond motifs is 5. The first-order valence-electron chi connectivity index (χ1n) is 19.9. The van der Waals surface area contributed by atoms with Gasteiger partial charge in [0.2, 0.25) is 0 Å². The first kappa shape index (κ1) is 35.1. The number of thiophene rings is 1. The first-order chi connectivity index (χ1) is 29.2. The van der Waals surface area contributed by atoms with E-state index in [0.29, 0.717) is 0 Å². The van der Waals surface area contributed by atoms with Gasteiger partial charge in [-0.1, -0.05) is 164 Å². The van der Waals surface area contributed by atoms with Crippen LogP contribution in [0, 0.1) is 0 Å². The maximum atomic E-state index is 5.03. The SMILES string of the molecule is c1ccc(-c2ccc(N(c3ccc(-c4ccc5c(c4)sc4ccc6nc(-c7ccccc7)sc6c45)cc3)c3ccc(-c4ccccc4)c(-c4ccccc4)c3)cc2)cc1. The molecule has 2 heterocycles. The van der Waals surface area contributed by atoms with Gasteiger partial charge < -0.3 is 4.90 Å². The standard InChI is InChI=1S/C55H36N2S2/c1-5-13-37(14-6-1)38-21-26-44(27-22-38)57(46-30-32-47(40-15-7-2-8-16-40)49(36-46)41-17-9-3-10-18-41)45-28-23-39(24-29-45)43-25-31-48-52(35-43)58-51-34-33-50-54(53(48)51)59-55(56-50)42-19-11-4-12-20-42/h1-36H. The molecule has 0 fully saturated rings. The van der Waals surface area contributed by atoms with Crippen LogP contribution in [0.2, 0.25) is 0 Å². The molecule has 0 aliphatic heterocycles. The molecule has 4 heteroatoms. The van der Waals surface area contributed by atoms with Gasteiger partial charge in [0.1, 0.15) is 5.01 Å². The number of thiazole rings is 1. The summed E-state index contributed by atoms with van der Waals surface area (Å²) in [5, 5.41) is 3.66. The molecule has 0 saturated carbocycles. The minimum absolute atomic E-state index is 1.06. The zero-order valence-corrected chi connectivity index (χ0v) is 33.6. The van der Waals surface area contributed by atoms with E-state index in [9.17, 15) is 0 Å². The molecular weight excluding hydrogens is 753 g/mol. The molecule has 0 unspecified atom stereocenters. The molecule has 0 radical (unpaired) electrons. The van der Waals surface area contributed by atoms with Crippen molar-refractivity contribution in [3.05, 3.63) is 218 Å². The summed E-state index contributed by atoms with van der Waals surface area (Å²) in [5.74, 6) is 0. The van der Waals surface area contributed by atoms with E-state index >= 15 is 0 Å². The number of benzene rings is 9. The highest BCUT2D eigenvalue weighted by Crippen LogP contribution is 2.45. The monoisotopic (exact) mass is 788 g/mol. The Labute approximate surface area is 351 Å². The maximum absolute atomic E-state index is 5.03. The molecule has 11 rings (SSSR count). The summed E-state index contributed by atoms with van der Waals surface area (Å²) < 4.78 is 3.84. The minimum atomic E-state index is 1.06. The topological polar surface area (TPSA) is 16.1 Å². The molecule has 0 aliphatic rings. The molecule has 0 aliphatic carbocycles. The lowest BCUT2D eigenvalue weighted by molar-refractivity contribution is 1.28. The molecule has 0 N–H and O–H groups in total. The second-order valence-corrected chi connectivity index (χ2v) is 16.8. The van der Waals surface area contributed by atoms with Crippen LogP contribution in [-0.4, -0.2) is 4.98 Å². The highest BCUT2D eigenvalue weighted by atomic mass is 32.1. The van der Waals surface area contributed by atoms with Crippen molar-refractivity contribution < 1.29 is 0 Å². The number of hydrogen-bond donors (Lipinski definition) is 0. The summed E-state index contributed by atoms with van der Waals surface area (Å²) in [6.07, 6.45) is 0. The van der Waals surface area contributed by atoms with Crippen molar-refractivity contribution in [2.45, 2.75) is 0 Å². The van der Waals surface area contributed by atoms with Crippen LogP contribution in [-0.2, 0) is 0 Å². The Balaban J connectivity index is 0.992. The molecule has 2 aromatic heterocycles. The van der Waals surface area contributed by atoms with Crippen molar-refractivity contribution in [3.63, 3.8) is 0 Å². The fourth-order valence-corrected chi connectivity index (χ4v) is 10.6. The summed E-state index contributed by atoms with van der Waals surface area (Å²) >= 11 is 3.65. The zero-order chi connectivity index (χ0) is 39.1. The molecule has 0 amide bonds. The van der Waals surface area contributed by atoms with Crippen LogP contribution in [0.4, 0.5) is 17.1 Å². The predicted molar refractivity (Wildman–Crippen MR) is 254 cm³/mol. The number of aromatic nitrogens is 1. The first-order valence-corrected chi connectivity index (χ1v) is 21.5. The van der Waals surface area contributed by atoms with Gasteiger partial charge in [-0.3, -0.25) is 0 Å². The van der Waals surface area contributed by atoms with Crippen LogP contribution in [0.3, 0.4) is 0 Å². The van der Waals surface area contributed by atoms with Crippen molar-refractivity contribution in [2.24, 2.45) is 0 Å². The van der Waals surface area contributed by atoms with Crippen LogP contribution in [0.5, 0.6) is 0 Å². The van der Waals surface area contributed by atoms with Gasteiger partial charge in [0, 0.05) is 42.8 Å². The Bertz CT molecular complexity index is 3230. The second kappa shape index (κ2) is 15.0. The lowest BCUT2D eigenvalue weighted by atomic mass is 9.93. The largest absolute Gasteiger partial charge is 0.310 e. The molecule has 278 valence electrons. The molecule has 11 aromatic rings. The lowest BCUT2D eigenvalue weighted by Gasteiger charge is -2.27. The summed E-state index contributed by atoms with van der Waals surface area (Å²) in [6, 6.07) is 78.7. The minimum Gasteiger partial charge on any atom is -0.310 e. The molecule has 59 heavy (non-hydrogen) atoms. The maximum Gasteiger partial charge on any atom is 0.124 e. The molecule has 0 saturated heterocycles. The third-order valence-electron chi connectivity index (χ3n) is 11.1. The normalized spacial score (nSPS) is 11.4. The van der Waals surface area contributed by atoms with Gasteiger partial charge in [-0.05, 0) is 99.1 Å². The van der Waals surface area contributed by atoms with Crippen LogP contribution in [0.15, 0.2) is 218 Å². The second-order valence-electron chi connectivity index (χ2n) is 14.7. The van der Waals surface area contributed by atoms with Gasteiger partial charge in [0.05, 0.1) is 10.2 Å². The lowest BCUT2D eigenvalue weighted by Crippen LogP contribution is -2.10. The third-order valence-corrected chi connectivity index (χ3v) is 13.4. The summed E-state index contributed by atoms with van der Waals surface area (Å²) in [4.78, 5) is 7.40. The molecule has 0 bridgehead atoms. The fourth-order valence-electron chi connectivity index (χ4n) is 8.21. The van der Waals surface area contributed by atoms with Crippen LogP contribution >= 0.6 is 22.7 Å². The van der Waals surface area contributed by atoms with Crippen molar-refractivity contribution in [1.29, 1.82) is 0 Å². The Morgan fingerprint density at radius 2 is 0.847 bits per heavy atom. The van der Waals surface area contributed by atoms with E-state index in [1.165, 1.54) is 69.4 Å². The summed E-state index contributed by atoms with van der Waals surface area (Å²) in [6.45, 7) is 0. The fraction of sp³-hybridized carbons (Fsp3) is 0. The van der Waals surface area contributed by atoms with Crippen molar-refractivity contribution in [1.82, 2.24) is 4.98 Å². The van der Waals surface area contributed by atoms with Gasteiger partial charge in [-0.25, -0.2) is 4.98 Å². The van der Waals surface area contributed by atoms with E-state index in [0.717, 1.165) is 33.1 Å². The quantitative estimate of drug-likeness (QED) is 0.152. The van der Waals surface area contributed by atoms with E-state index in [2.05, 4.69) is 223 Å². The Morgan fingerprint density at radius 1 is 0.339 bits per heavy atom. The molecule has 2 nitrogen and oxygen atoms in total. The van der Waals surface area contributed by atoms with Crippen molar-refractivity contribution in [3.8, 4) is 55.1 Å². The smallest absolute Gasteiger partial charge is 0.124 e. The van der Waals surface area contributed by atoms with Gasteiger partial charge in [0.25, 0.3) is 0 Å². The molecular formula is C55H36N2S2. The number of anilines is 3. The van der Waals surface area contributed by atoms with Gasteiger partial charge in [-0.2, -0.15) is 0 Å². The van der Waals surface area contributed by atoms with Gasteiger partial charge in [-0.15, -0.1) is 22.7 Å². The summed E-state index contributed by atoms with van der Waals surface area (Å²) in [7, 11) is 0. The predicted octanol–water partition coefficient (Wildman–Crippen LogP) is 16.5. The average Bonchev–Trinajstić information content (AvgIpc) is 3.92. The molecule has 0 spiro atoms. The zero-order valence-electron chi connectivity index (χ0n) is 32.0. The number of rotatable bonds is 8. The van der Waals surface area contributed by atoms with Crippen LogP contribution in [0.1, 0.15) is 0 Å². The van der Waals surface area contributed by atoms with Crippen LogP contribution in [0.25, 0.3) is 85.5 Å². The highest BCUT2D eigenvalue weighted by molar-refractivity contribution is 7.28. The van der Waals surface area contributed by atoms with Crippen molar-refractivity contribution >= 4 is 70.1 Å². The Kier molecular flexibility index (Phi) is 8.92. The van der Waals surface area contributed by atoms with Gasteiger partial charge in [0.15, 0.2) is 0 Å². The third kappa shape index (κ3) is 6.59. The van der Waals surface area contributed by atoms with Crippen molar-refractivity contribution in [2.75, 3.05) is 4.90 Å². The van der Waals surface area contributed by atoms with E-state index in [1.807, 2.05) is 11.3 Å². The number of hydrogen-bond acceptors (Lipinski definition) is 4. The van der Waals surface area contributed by atoms with E-state index in [4.69, 9.17) is 4.98 Å². The highest BCUT2D eigenvalue weighted by Gasteiger charge is 2.18. The van der Waals surface area contributed by atoms with E-state index in [-0.39, 0.29) is 0 Å². The van der Waals surface area contributed by atoms with E-state index in [1.54, 1.807) is 11.3 Å². The molecule has 9 aromatic carbocycles. The van der Waals surface area contributed by atoms with E-state index < -0.39 is 0 Å². The Hall–Kier alpha value is -7.11. The van der Waals surface area contributed by atoms with Crippen LogP contribution < -0.4 is 4.90 Å². The Morgan fingerprint density at radius 3 is 1.47 bits per heavy atom.